The molecule has 0 atom stereocenters. The highest BCUT2D eigenvalue weighted by atomic mass is 16.5. The summed E-state index contributed by atoms with van der Waals surface area (Å²) >= 11 is 0. The number of aliphatic carboxylic acids is 1. The minimum atomic E-state index is -1.13. The van der Waals surface area contributed by atoms with Gasteiger partial charge in [0.1, 0.15) is 0 Å². The maximum atomic E-state index is 10.6. The summed E-state index contributed by atoms with van der Waals surface area (Å²) in [5.41, 5.74) is 0.00917. The molecule has 136 valence electrons. The van der Waals surface area contributed by atoms with Crippen LogP contribution in [0.15, 0.2) is 37.0 Å². The van der Waals surface area contributed by atoms with E-state index in [1.807, 2.05) is 0 Å². The number of carboxylic acids is 1. The van der Waals surface area contributed by atoms with Crippen molar-refractivity contribution in [3.63, 3.8) is 0 Å². The first-order valence-electron chi connectivity index (χ1n) is 7.72. The third kappa shape index (κ3) is 17.7. The zero-order valence-electron chi connectivity index (χ0n) is 14.7. The van der Waals surface area contributed by atoms with Gasteiger partial charge in [-0.1, -0.05) is 46.3 Å². The Hall–Kier alpha value is -2.37. The SMILES string of the molecule is C=C(C=CC(=O)O)C(=O)OC.C=CC(=O)OCCCCCC(C)C. The van der Waals surface area contributed by atoms with E-state index in [0.717, 1.165) is 30.9 Å². The molecule has 0 bridgehead atoms. The molecule has 0 radical (unpaired) electrons. The molecule has 0 aliphatic rings. The van der Waals surface area contributed by atoms with Crippen LogP contribution in [0.1, 0.15) is 39.5 Å². The highest BCUT2D eigenvalue weighted by Crippen LogP contribution is 2.07. The summed E-state index contributed by atoms with van der Waals surface area (Å²) in [5.74, 6) is -1.31. The lowest BCUT2D eigenvalue weighted by Gasteiger charge is -2.04. The van der Waals surface area contributed by atoms with Crippen molar-refractivity contribution in [2.45, 2.75) is 39.5 Å². The van der Waals surface area contributed by atoms with Crippen LogP contribution in [0.25, 0.3) is 0 Å². The van der Waals surface area contributed by atoms with Crippen molar-refractivity contribution in [3.8, 4) is 0 Å². The molecule has 0 aromatic heterocycles. The number of ether oxygens (including phenoxy) is 2. The molecule has 0 aromatic carbocycles. The number of carboxylic acid groups (broad SMARTS) is 1. The molecule has 0 saturated heterocycles. The van der Waals surface area contributed by atoms with Crippen molar-refractivity contribution < 1.29 is 29.0 Å². The summed E-state index contributed by atoms with van der Waals surface area (Å²) in [7, 11) is 1.20. The van der Waals surface area contributed by atoms with Gasteiger partial charge in [0.25, 0.3) is 0 Å². The minimum Gasteiger partial charge on any atom is -0.478 e. The molecule has 0 aliphatic carbocycles. The second-order valence-corrected chi connectivity index (χ2v) is 5.30. The smallest absolute Gasteiger partial charge is 0.337 e. The zero-order chi connectivity index (χ0) is 19.0. The molecule has 6 heteroatoms. The van der Waals surface area contributed by atoms with Crippen LogP contribution in [0.3, 0.4) is 0 Å². The Labute approximate surface area is 143 Å². The standard InChI is InChI=1S/C11H20O2.C7H8O4/c1-4-11(12)13-9-7-5-6-8-10(2)3;1-5(7(10)11-2)3-4-6(8)9/h4,10H,1,5-9H2,2-3H3;3-4H,1H2,2H3,(H,8,9). The Kier molecular flexibility index (Phi) is 15.5. The van der Waals surface area contributed by atoms with Gasteiger partial charge in [0.2, 0.25) is 0 Å². The lowest BCUT2D eigenvalue weighted by Crippen LogP contribution is -2.01. The summed E-state index contributed by atoms with van der Waals surface area (Å²) in [5, 5.41) is 8.14. The van der Waals surface area contributed by atoms with E-state index in [9.17, 15) is 14.4 Å². The van der Waals surface area contributed by atoms with Crippen LogP contribution in [0, 0.1) is 5.92 Å². The molecule has 0 amide bonds. The van der Waals surface area contributed by atoms with Crippen LogP contribution < -0.4 is 0 Å². The number of carbonyl (C=O) groups excluding carboxylic acids is 2. The van der Waals surface area contributed by atoms with Crippen LogP contribution in [-0.4, -0.2) is 36.7 Å². The van der Waals surface area contributed by atoms with Crippen LogP contribution >= 0.6 is 0 Å². The second-order valence-electron chi connectivity index (χ2n) is 5.30. The fraction of sp³-hybridized carbons (Fsp3) is 0.500. The largest absolute Gasteiger partial charge is 0.478 e. The Morgan fingerprint density at radius 3 is 2.21 bits per heavy atom. The Balaban J connectivity index is 0. The minimum absolute atomic E-state index is 0.00917. The van der Waals surface area contributed by atoms with E-state index < -0.39 is 11.9 Å². The number of carbonyl (C=O) groups is 3. The van der Waals surface area contributed by atoms with Gasteiger partial charge >= 0.3 is 17.9 Å². The van der Waals surface area contributed by atoms with Crippen molar-refractivity contribution in [1.29, 1.82) is 0 Å². The van der Waals surface area contributed by atoms with Gasteiger partial charge in [-0.05, 0) is 18.4 Å². The van der Waals surface area contributed by atoms with E-state index >= 15 is 0 Å². The van der Waals surface area contributed by atoms with Crippen molar-refractivity contribution in [2.75, 3.05) is 13.7 Å². The van der Waals surface area contributed by atoms with Crippen molar-refractivity contribution in [2.24, 2.45) is 5.92 Å². The van der Waals surface area contributed by atoms with Crippen LogP contribution in [0.2, 0.25) is 0 Å². The molecule has 0 heterocycles. The maximum Gasteiger partial charge on any atom is 0.337 e. The molecule has 0 saturated carbocycles. The molecule has 24 heavy (non-hydrogen) atoms. The molecule has 0 spiro atoms. The summed E-state index contributed by atoms with van der Waals surface area (Å²) in [6, 6.07) is 0. The molecular weight excluding hydrogens is 312 g/mol. The summed E-state index contributed by atoms with van der Waals surface area (Å²) in [6.07, 6.45) is 7.69. The maximum absolute atomic E-state index is 10.6. The number of hydrogen-bond acceptors (Lipinski definition) is 5. The highest BCUT2D eigenvalue weighted by molar-refractivity contribution is 5.92. The first-order valence-corrected chi connectivity index (χ1v) is 7.72. The van der Waals surface area contributed by atoms with Crippen LogP contribution in [0.4, 0.5) is 0 Å². The van der Waals surface area contributed by atoms with Gasteiger partial charge in [-0.2, -0.15) is 0 Å². The van der Waals surface area contributed by atoms with Gasteiger partial charge in [-0.3, -0.25) is 0 Å². The number of esters is 2. The molecule has 6 nitrogen and oxygen atoms in total. The van der Waals surface area contributed by atoms with E-state index in [-0.39, 0.29) is 11.5 Å². The molecule has 0 aromatic rings. The average Bonchev–Trinajstić information content (AvgIpc) is 2.54. The molecular formula is C18H28O6. The van der Waals surface area contributed by atoms with Gasteiger partial charge in [0.05, 0.1) is 19.3 Å². The lowest BCUT2D eigenvalue weighted by molar-refractivity contribution is -0.138. The second kappa shape index (κ2) is 15.5. The van der Waals surface area contributed by atoms with Gasteiger partial charge in [-0.25, -0.2) is 14.4 Å². The fourth-order valence-corrected chi connectivity index (χ4v) is 1.43. The quantitative estimate of drug-likeness (QED) is 0.284. The topological polar surface area (TPSA) is 89.9 Å². The Bertz CT molecular complexity index is 448. The summed E-state index contributed by atoms with van der Waals surface area (Å²) in [6.45, 7) is 11.6. The van der Waals surface area contributed by atoms with Crippen LogP contribution in [0.5, 0.6) is 0 Å². The molecule has 0 rings (SSSR count). The summed E-state index contributed by atoms with van der Waals surface area (Å²) < 4.78 is 9.10. The molecule has 0 fully saturated rings. The summed E-state index contributed by atoms with van der Waals surface area (Å²) in [4.78, 5) is 31.1. The Morgan fingerprint density at radius 2 is 1.75 bits per heavy atom. The molecule has 1 N–H and O–H groups in total. The zero-order valence-corrected chi connectivity index (χ0v) is 14.7. The monoisotopic (exact) mass is 340 g/mol. The van der Waals surface area contributed by atoms with Gasteiger partial charge in [0, 0.05) is 12.2 Å². The highest BCUT2D eigenvalue weighted by Gasteiger charge is 2.01. The van der Waals surface area contributed by atoms with Gasteiger partial charge < -0.3 is 14.6 Å². The predicted molar refractivity (Wildman–Crippen MR) is 92.4 cm³/mol. The van der Waals surface area contributed by atoms with Crippen molar-refractivity contribution >= 4 is 17.9 Å². The fourth-order valence-electron chi connectivity index (χ4n) is 1.43. The van der Waals surface area contributed by atoms with Crippen molar-refractivity contribution in [3.05, 3.63) is 37.0 Å². The normalized spacial score (nSPS) is 9.83. The lowest BCUT2D eigenvalue weighted by atomic mass is 10.1. The van der Waals surface area contributed by atoms with E-state index in [1.165, 1.54) is 26.0 Å². The number of methoxy groups -OCH3 is 1. The van der Waals surface area contributed by atoms with E-state index in [0.29, 0.717) is 6.61 Å². The first-order chi connectivity index (χ1) is 11.2. The van der Waals surface area contributed by atoms with E-state index in [1.54, 1.807) is 0 Å². The van der Waals surface area contributed by atoms with Crippen LogP contribution in [-0.2, 0) is 23.9 Å². The number of hydrogen-bond donors (Lipinski definition) is 1. The molecule has 0 aliphatic heterocycles. The third-order valence-corrected chi connectivity index (χ3v) is 2.71. The van der Waals surface area contributed by atoms with E-state index in [2.05, 4.69) is 31.7 Å². The Morgan fingerprint density at radius 1 is 1.12 bits per heavy atom. The molecule has 0 unspecified atom stereocenters. The average molecular weight is 340 g/mol. The number of rotatable bonds is 10. The van der Waals surface area contributed by atoms with Crippen molar-refractivity contribution in [1.82, 2.24) is 0 Å². The first kappa shape index (κ1) is 23.9. The van der Waals surface area contributed by atoms with E-state index in [4.69, 9.17) is 9.84 Å². The predicted octanol–water partition coefficient (Wildman–Crippen LogP) is 3.29. The van der Waals surface area contributed by atoms with Gasteiger partial charge in [0.15, 0.2) is 0 Å². The van der Waals surface area contributed by atoms with Gasteiger partial charge in [-0.15, -0.1) is 0 Å². The number of unbranched alkanes of at least 4 members (excludes halogenated alkanes) is 2. The third-order valence-electron chi connectivity index (χ3n) is 2.71.